The Bertz CT molecular complexity index is 562. The van der Waals surface area contributed by atoms with Gasteiger partial charge in [-0.15, -0.1) is 0 Å². The summed E-state index contributed by atoms with van der Waals surface area (Å²) in [6, 6.07) is 7.55. The minimum Gasteiger partial charge on any atom is -0.369 e. The van der Waals surface area contributed by atoms with E-state index >= 15 is 0 Å². The van der Waals surface area contributed by atoms with Crippen molar-refractivity contribution in [2.75, 3.05) is 32.1 Å². The first-order valence-electron chi connectivity index (χ1n) is 6.59. The fourth-order valence-corrected chi connectivity index (χ4v) is 3.40. The van der Waals surface area contributed by atoms with Crippen molar-refractivity contribution in [2.45, 2.75) is 18.9 Å². The molecule has 1 aromatic rings. The van der Waals surface area contributed by atoms with E-state index in [1.807, 2.05) is 24.3 Å². The van der Waals surface area contributed by atoms with Crippen molar-refractivity contribution in [3.63, 3.8) is 0 Å². The lowest BCUT2D eigenvalue weighted by molar-refractivity contribution is 0.442. The van der Waals surface area contributed by atoms with Gasteiger partial charge in [-0.05, 0) is 25.0 Å². The van der Waals surface area contributed by atoms with E-state index in [0.717, 1.165) is 25.1 Å². The van der Waals surface area contributed by atoms with Crippen LogP contribution in [0.5, 0.6) is 0 Å². The van der Waals surface area contributed by atoms with Crippen LogP contribution in [0.1, 0.15) is 12.8 Å². The minimum absolute atomic E-state index is 0.0903. The van der Waals surface area contributed by atoms with Gasteiger partial charge in [-0.3, -0.25) is 0 Å². The summed E-state index contributed by atoms with van der Waals surface area (Å²) < 4.78 is 27.7. The molecular formula is C13H20ClN3O2S. The fraction of sp³-hybridized carbons (Fsp3) is 0.538. The van der Waals surface area contributed by atoms with E-state index in [-0.39, 0.29) is 6.04 Å². The number of hydrogen-bond donors (Lipinski definition) is 1. The van der Waals surface area contributed by atoms with Gasteiger partial charge in [-0.1, -0.05) is 23.7 Å². The van der Waals surface area contributed by atoms with E-state index < -0.39 is 10.2 Å². The standard InChI is InChI=1S/C13H20ClN3O2S/c1-16(2)20(18,19)15-11-6-5-9-17(10-11)13-8-4-3-7-12(13)14/h3-4,7-8,11,15H,5-6,9-10H2,1-2H3/t11-/m1/s1. The number of hydrogen-bond acceptors (Lipinski definition) is 3. The SMILES string of the molecule is CN(C)S(=O)(=O)N[C@@H]1CCCN(c2ccccc2Cl)C1. The molecule has 2 rings (SSSR count). The number of para-hydroxylation sites is 1. The highest BCUT2D eigenvalue weighted by Crippen LogP contribution is 2.27. The van der Waals surface area contributed by atoms with Crippen LogP contribution in [-0.2, 0) is 10.2 Å². The molecule has 20 heavy (non-hydrogen) atoms. The van der Waals surface area contributed by atoms with E-state index in [1.54, 1.807) is 0 Å². The molecule has 0 unspecified atom stereocenters. The van der Waals surface area contributed by atoms with Crippen LogP contribution in [0.25, 0.3) is 0 Å². The van der Waals surface area contributed by atoms with Crippen molar-refractivity contribution in [3.05, 3.63) is 29.3 Å². The lowest BCUT2D eigenvalue weighted by atomic mass is 10.1. The predicted molar refractivity (Wildman–Crippen MR) is 82.4 cm³/mol. The van der Waals surface area contributed by atoms with Crippen LogP contribution in [-0.4, -0.2) is 45.9 Å². The third kappa shape index (κ3) is 3.63. The molecule has 1 aliphatic rings. The summed E-state index contributed by atoms with van der Waals surface area (Å²) in [5.74, 6) is 0. The molecule has 1 saturated heterocycles. The molecule has 1 aliphatic heterocycles. The first-order chi connectivity index (χ1) is 9.40. The Hall–Kier alpha value is -0.820. The predicted octanol–water partition coefficient (Wildman–Crippen LogP) is 1.70. The molecule has 7 heteroatoms. The highest BCUT2D eigenvalue weighted by Gasteiger charge is 2.26. The Balaban J connectivity index is 2.08. The monoisotopic (exact) mass is 317 g/mol. The van der Waals surface area contributed by atoms with Crippen molar-refractivity contribution in [2.24, 2.45) is 0 Å². The Labute approximate surface area is 125 Å². The molecule has 1 heterocycles. The first kappa shape index (κ1) is 15.6. The molecule has 112 valence electrons. The number of halogens is 1. The molecule has 0 spiro atoms. The molecule has 0 bridgehead atoms. The number of rotatable bonds is 4. The van der Waals surface area contributed by atoms with Crippen molar-refractivity contribution in [3.8, 4) is 0 Å². The number of anilines is 1. The number of benzene rings is 1. The highest BCUT2D eigenvalue weighted by molar-refractivity contribution is 7.87. The van der Waals surface area contributed by atoms with E-state index in [4.69, 9.17) is 11.6 Å². The number of nitrogens with zero attached hydrogens (tertiary/aromatic N) is 2. The Morgan fingerprint density at radius 2 is 2.05 bits per heavy atom. The highest BCUT2D eigenvalue weighted by atomic mass is 35.5. The maximum Gasteiger partial charge on any atom is 0.279 e. The van der Waals surface area contributed by atoms with Gasteiger partial charge >= 0.3 is 0 Å². The van der Waals surface area contributed by atoms with E-state index in [0.29, 0.717) is 11.6 Å². The average molecular weight is 318 g/mol. The van der Waals surface area contributed by atoms with Crippen molar-refractivity contribution < 1.29 is 8.42 Å². The third-order valence-corrected chi connectivity index (χ3v) is 5.32. The normalized spacial score (nSPS) is 20.4. The minimum atomic E-state index is -3.39. The summed E-state index contributed by atoms with van der Waals surface area (Å²) in [7, 11) is -0.340. The number of nitrogens with one attached hydrogen (secondary N) is 1. The topological polar surface area (TPSA) is 52.7 Å². The van der Waals surface area contributed by atoms with Crippen LogP contribution in [0.4, 0.5) is 5.69 Å². The molecule has 1 N–H and O–H groups in total. The van der Waals surface area contributed by atoms with E-state index in [2.05, 4.69) is 9.62 Å². The maximum atomic E-state index is 11.9. The van der Waals surface area contributed by atoms with Crippen LogP contribution in [0.3, 0.4) is 0 Å². The summed E-state index contributed by atoms with van der Waals surface area (Å²) >= 11 is 6.20. The van der Waals surface area contributed by atoms with Gasteiger partial charge < -0.3 is 4.90 Å². The Kier molecular flexibility index (Phi) is 4.90. The second-order valence-electron chi connectivity index (χ2n) is 5.14. The van der Waals surface area contributed by atoms with Gasteiger partial charge in [0.1, 0.15) is 0 Å². The zero-order chi connectivity index (χ0) is 14.8. The van der Waals surface area contributed by atoms with Crippen LogP contribution in [0, 0.1) is 0 Å². The van der Waals surface area contributed by atoms with Gasteiger partial charge in [0, 0.05) is 33.2 Å². The quantitative estimate of drug-likeness (QED) is 0.919. The van der Waals surface area contributed by atoms with Crippen molar-refractivity contribution >= 4 is 27.5 Å². The van der Waals surface area contributed by atoms with Crippen LogP contribution < -0.4 is 9.62 Å². The molecule has 0 radical (unpaired) electrons. The van der Waals surface area contributed by atoms with Crippen molar-refractivity contribution in [1.82, 2.24) is 9.03 Å². The van der Waals surface area contributed by atoms with Crippen LogP contribution in [0.15, 0.2) is 24.3 Å². The van der Waals surface area contributed by atoms with Gasteiger partial charge in [-0.2, -0.15) is 17.4 Å². The van der Waals surface area contributed by atoms with Gasteiger partial charge in [0.25, 0.3) is 10.2 Å². The molecular weight excluding hydrogens is 298 g/mol. The molecule has 5 nitrogen and oxygen atoms in total. The summed E-state index contributed by atoms with van der Waals surface area (Å²) in [5.41, 5.74) is 0.961. The van der Waals surface area contributed by atoms with E-state index in [9.17, 15) is 8.42 Å². The zero-order valence-electron chi connectivity index (χ0n) is 11.7. The molecule has 0 saturated carbocycles. The molecule has 0 aromatic heterocycles. The van der Waals surface area contributed by atoms with Gasteiger partial charge in [0.2, 0.25) is 0 Å². The third-order valence-electron chi connectivity index (χ3n) is 3.41. The largest absolute Gasteiger partial charge is 0.369 e. The Morgan fingerprint density at radius 3 is 2.70 bits per heavy atom. The first-order valence-corrected chi connectivity index (χ1v) is 8.41. The lowest BCUT2D eigenvalue weighted by Crippen LogP contribution is -2.50. The lowest BCUT2D eigenvalue weighted by Gasteiger charge is -2.35. The Morgan fingerprint density at radius 1 is 1.35 bits per heavy atom. The van der Waals surface area contributed by atoms with E-state index in [1.165, 1.54) is 18.4 Å². The smallest absolute Gasteiger partial charge is 0.279 e. The summed E-state index contributed by atoms with van der Waals surface area (Å²) in [6.07, 6.45) is 1.78. The average Bonchev–Trinajstić information content (AvgIpc) is 2.39. The molecule has 1 fully saturated rings. The van der Waals surface area contributed by atoms with Crippen LogP contribution >= 0.6 is 11.6 Å². The van der Waals surface area contributed by atoms with Gasteiger partial charge in [-0.25, -0.2) is 0 Å². The second kappa shape index (κ2) is 6.30. The zero-order valence-corrected chi connectivity index (χ0v) is 13.3. The summed E-state index contributed by atoms with van der Waals surface area (Å²) in [5, 5.41) is 0.698. The fourth-order valence-electron chi connectivity index (χ4n) is 2.32. The van der Waals surface area contributed by atoms with Crippen molar-refractivity contribution in [1.29, 1.82) is 0 Å². The van der Waals surface area contributed by atoms with Gasteiger partial charge in [0.05, 0.1) is 10.7 Å². The molecule has 0 amide bonds. The summed E-state index contributed by atoms with van der Waals surface area (Å²) in [6.45, 7) is 1.53. The molecule has 0 aliphatic carbocycles. The second-order valence-corrected chi connectivity index (χ2v) is 7.47. The van der Waals surface area contributed by atoms with Gasteiger partial charge in [0.15, 0.2) is 0 Å². The molecule has 1 aromatic carbocycles. The van der Waals surface area contributed by atoms with Crippen LogP contribution in [0.2, 0.25) is 5.02 Å². The molecule has 1 atom stereocenters. The number of piperidine rings is 1. The maximum absolute atomic E-state index is 11.9. The summed E-state index contributed by atoms with van der Waals surface area (Å²) in [4.78, 5) is 2.13.